The fraction of sp³-hybridized carbons (Fsp3) is 0.235. The van der Waals surface area contributed by atoms with Gasteiger partial charge in [0.15, 0.2) is 0 Å². The van der Waals surface area contributed by atoms with Gasteiger partial charge in [-0.15, -0.1) is 0 Å². The molecule has 0 bridgehead atoms. The number of carbonyl (C=O) groups excluding carboxylic acids is 1. The fourth-order valence-corrected chi connectivity index (χ4v) is 3.16. The van der Waals surface area contributed by atoms with Crippen LogP contribution in [-0.4, -0.2) is 27.1 Å². The summed E-state index contributed by atoms with van der Waals surface area (Å²) < 4.78 is 38.1. The van der Waals surface area contributed by atoms with E-state index in [2.05, 4.69) is 5.32 Å². The van der Waals surface area contributed by atoms with Gasteiger partial charge in [0.2, 0.25) is 15.9 Å². The Morgan fingerprint density at radius 2 is 1.84 bits per heavy atom. The summed E-state index contributed by atoms with van der Waals surface area (Å²) in [5.74, 6) is -1.14. The van der Waals surface area contributed by atoms with Crippen molar-refractivity contribution in [2.75, 3.05) is 17.1 Å². The number of benzene rings is 2. The Morgan fingerprint density at radius 3 is 2.40 bits per heavy atom. The SMILES string of the molecule is Cc1ccc(CNC(=O)CN(c2ccc(F)c(Cl)c2)S(C)(=O)=O)cc1. The average Bonchev–Trinajstić information content (AvgIpc) is 2.54. The number of aryl methyl sites for hydroxylation is 1. The molecule has 5 nitrogen and oxygen atoms in total. The summed E-state index contributed by atoms with van der Waals surface area (Å²) in [5, 5.41) is 2.45. The van der Waals surface area contributed by atoms with Crippen molar-refractivity contribution < 1.29 is 17.6 Å². The van der Waals surface area contributed by atoms with Crippen LogP contribution in [0, 0.1) is 12.7 Å². The zero-order valence-electron chi connectivity index (χ0n) is 13.8. The molecule has 0 fully saturated rings. The number of amides is 1. The summed E-state index contributed by atoms with van der Waals surface area (Å²) in [4.78, 5) is 12.1. The maximum Gasteiger partial charge on any atom is 0.241 e. The molecule has 2 aromatic carbocycles. The number of rotatable bonds is 6. The predicted molar refractivity (Wildman–Crippen MR) is 96.6 cm³/mol. The lowest BCUT2D eigenvalue weighted by Gasteiger charge is -2.22. The largest absolute Gasteiger partial charge is 0.350 e. The minimum absolute atomic E-state index is 0.124. The lowest BCUT2D eigenvalue weighted by atomic mass is 10.1. The van der Waals surface area contributed by atoms with Crippen LogP contribution in [0.2, 0.25) is 5.02 Å². The zero-order valence-corrected chi connectivity index (χ0v) is 15.4. The Balaban J connectivity index is 2.10. The normalized spacial score (nSPS) is 11.2. The smallest absolute Gasteiger partial charge is 0.241 e. The maximum absolute atomic E-state index is 13.3. The van der Waals surface area contributed by atoms with Crippen molar-refractivity contribution in [3.8, 4) is 0 Å². The summed E-state index contributed by atoms with van der Waals surface area (Å²) in [6.45, 7) is 1.81. The molecule has 0 aliphatic rings. The molecule has 0 saturated heterocycles. The van der Waals surface area contributed by atoms with Crippen LogP contribution in [0.5, 0.6) is 0 Å². The fourth-order valence-electron chi connectivity index (χ4n) is 2.13. The van der Waals surface area contributed by atoms with E-state index in [1.807, 2.05) is 31.2 Å². The molecule has 0 heterocycles. The third-order valence-corrected chi connectivity index (χ3v) is 4.92. The molecule has 1 amide bonds. The molecule has 0 aliphatic carbocycles. The van der Waals surface area contributed by atoms with Crippen molar-refractivity contribution in [1.29, 1.82) is 0 Å². The van der Waals surface area contributed by atoms with E-state index in [4.69, 9.17) is 11.6 Å². The van der Waals surface area contributed by atoms with Gasteiger partial charge in [-0.2, -0.15) is 0 Å². The number of anilines is 1. The Hall–Kier alpha value is -2.12. The van der Waals surface area contributed by atoms with Crippen LogP contribution >= 0.6 is 11.6 Å². The highest BCUT2D eigenvalue weighted by Gasteiger charge is 2.21. The van der Waals surface area contributed by atoms with Gasteiger partial charge in [0.05, 0.1) is 17.0 Å². The van der Waals surface area contributed by atoms with Gasteiger partial charge >= 0.3 is 0 Å². The molecular formula is C17H18ClFN2O3S. The van der Waals surface area contributed by atoms with Crippen LogP contribution < -0.4 is 9.62 Å². The number of halogens is 2. The van der Waals surface area contributed by atoms with Gasteiger partial charge in [-0.25, -0.2) is 12.8 Å². The minimum Gasteiger partial charge on any atom is -0.350 e. The Morgan fingerprint density at radius 1 is 1.20 bits per heavy atom. The third-order valence-electron chi connectivity index (χ3n) is 3.49. The van der Waals surface area contributed by atoms with Gasteiger partial charge < -0.3 is 5.32 Å². The Bertz CT molecular complexity index is 870. The summed E-state index contributed by atoms with van der Waals surface area (Å²) in [6.07, 6.45) is 0.970. The van der Waals surface area contributed by atoms with Crippen molar-refractivity contribution in [2.24, 2.45) is 0 Å². The van der Waals surface area contributed by atoms with E-state index in [0.29, 0.717) is 0 Å². The van der Waals surface area contributed by atoms with Crippen LogP contribution in [0.3, 0.4) is 0 Å². The van der Waals surface area contributed by atoms with Crippen molar-refractivity contribution in [3.05, 3.63) is 64.4 Å². The number of hydrogen-bond donors (Lipinski definition) is 1. The molecular weight excluding hydrogens is 367 g/mol. The van der Waals surface area contributed by atoms with Crippen LogP contribution in [0.15, 0.2) is 42.5 Å². The highest BCUT2D eigenvalue weighted by Crippen LogP contribution is 2.24. The van der Waals surface area contributed by atoms with Crippen molar-refractivity contribution in [2.45, 2.75) is 13.5 Å². The van der Waals surface area contributed by atoms with Crippen molar-refractivity contribution in [1.82, 2.24) is 5.32 Å². The molecule has 0 aromatic heterocycles. The number of nitrogens with zero attached hydrogens (tertiary/aromatic N) is 1. The number of carbonyl (C=O) groups is 1. The van der Waals surface area contributed by atoms with Gasteiger partial charge in [-0.3, -0.25) is 9.10 Å². The molecule has 134 valence electrons. The highest BCUT2D eigenvalue weighted by atomic mass is 35.5. The molecule has 0 saturated carbocycles. The molecule has 8 heteroatoms. The number of hydrogen-bond acceptors (Lipinski definition) is 3. The first-order valence-electron chi connectivity index (χ1n) is 7.42. The second-order valence-electron chi connectivity index (χ2n) is 5.63. The maximum atomic E-state index is 13.3. The first kappa shape index (κ1) is 19.2. The molecule has 0 radical (unpaired) electrons. The second kappa shape index (κ2) is 7.84. The quantitative estimate of drug-likeness (QED) is 0.832. The lowest BCUT2D eigenvalue weighted by Crippen LogP contribution is -2.40. The Labute approximate surface area is 151 Å². The van der Waals surface area contributed by atoms with Gasteiger partial charge in [0.1, 0.15) is 12.4 Å². The molecule has 1 N–H and O–H groups in total. The standard InChI is InChI=1S/C17H18ClFN2O3S/c1-12-3-5-13(6-4-12)10-20-17(22)11-21(25(2,23)24)14-7-8-16(19)15(18)9-14/h3-9H,10-11H2,1-2H3,(H,20,22). The van der Waals surface area contributed by atoms with E-state index in [1.165, 1.54) is 12.1 Å². The van der Waals surface area contributed by atoms with E-state index in [0.717, 1.165) is 27.8 Å². The van der Waals surface area contributed by atoms with E-state index in [-0.39, 0.29) is 17.3 Å². The molecule has 2 rings (SSSR count). The van der Waals surface area contributed by atoms with E-state index < -0.39 is 28.3 Å². The van der Waals surface area contributed by atoms with Crippen LogP contribution in [0.25, 0.3) is 0 Å². The van der Waals surface area contributed by atoms with Crippen LogP contribution in [0.1, 0.15) is 11.1 Å². The van der Waals surface area contributed by atoms with Gasteiger partial charge in [-0.1, -0.05) is 41.4 Å². The summed E-state index contributed by atoms with van der Waals surface area (Å²) >= 11 is 5.70. The Kier molecular flexibility index (Phi) is 6.02. The molecule has 25 heavy (non-hydrogen) atoms. The van der Waals surface area contributed by atoms with Gasteiger partial charge in [0, 0.05) is 6.54 Å². The monoisotopic (exact) mass is 384 g/mol. The summed E-state index contributed by atoms with van der Waals surface area (Å²) in [7, 11) is -3.74. The molecule has 2 aromatic rings. The van der Waals surface area contributed by atoms with Crippen molar-refractivity contribution >= 4 is 33.2 Å². The van der Waals surface area contributed by atoms with Crippen LogP contribution in [0.4, 0.5) is 10.1 Å². The van der Waals surface area contributed by atoms with Gasteiger partial charge in [-0.05, 0) is 30.7 Å². The van der Waals surface area contributed by atoms with Crippen LogP contribution in [-0.2, 0) is 21.4 Å². The third kappa shape index (κ3) is 5.44. The summed E-state index contributed by atoms with van der Waals surface area (Å²) in [6, 6.07) is 11.1. The minimum atomic E-state index is -3.74. The van der Waals surface area contributed by atoms with Crippen molar-refractivity contribution in [3.63, 3.8) is 0 Å². The number of sulfonamides is 1. The average molecular weight is 385 g/mol. The predicted octanol–water partition coefficient (Wildman–Crippen LogP) is 2.87. The first-order chi connectivity index (χ1) is 11.7. The molecule has 0 aliphatic heterocycles. The molecule has 0 spiro atoms. The zero-order chi connectivity index (χ0) is 18.6. The van der Waals surface area contributed by atoms with E-state index >= 15 is 0 Å². The lowest BCUT2D eigenvalue weighted by molar-refractivity contribution is -0.119. The van der Waals surface area contributed by atoms with Gasteiger partial charge in [0.25, 0.3) is 0 Å². The summed E-state index contributed by atoms with van der Waals surface area (Å²) in [5.41, 5.74) is 2.13. The number of nitrogens with one attached hydrogen (secondary N) is 1. The van der Waals surface area contributed by atoms with E-state index in [9.17, 15) is 17.6 Å². The second-order valence-corrected chi connectivity index (χ2v) is 7.94. The highest BCUT2D eigenvalue weighted by molar-refractivity contribution is 7.92. The molecule has 0 unspecified atom stereocenters. The first-order valence-corrected chi connectivity index (χ1v) is 9.64. The van der Waals surface area contributed by atoms with E-state index in [1.54, 1.807) is 0 Å². The topological polar surface area (TPSA) is 66.5 Å². The molecule has 0 atom stereocenters.